The summed E-state index contributed by atoms with van der Waals surface area (Å²) in [7, 11) is 0. The van der Waals surface area contributed by atoms with Gasteiger partial charge in [0.1, 0.15) is 11.2 Å². The predicted octanol–water partition coefficient (Wildman–Crippen LogP) is 2.08. The van der Waals surface area contributed by atoms with Gasteiger partial charge in [-0.2, -0.15) is 0 Å². The zero-order chi connectivity index (χ0) is 17.3. The van der Waals surface area contributed by atoms with E-state index in [9.17, 15) is 9.59 Å². The molecule has 0 saturated carbocycles. The van der Waals surface area contributed by atoms with Gasteiger partial charge in [0.2, 0.25) is 5.95 Å². The van der Waals surface area contributed by atoms with Crippen molar-refractivity contribution in [1.82, 2.24) is 19.5 Å². The molecule has 0 aliphatic carbocycles. The molecule has 0 fully saturated rings. The monoisotopic (exact) mass is 323 g/mol. The summed E-state index contributed by atoms with van der Waals surface area (Å²) in [5, 5.41) is 3.33. The molecule has 0 saturated heterocycles. The van der Waals surface area contributed by atoms with Crippen molar-refractivity contribution in [2.75, 3.05) is 5.32 Å². The molecule has 0 unspecified atom stereocenters. The smallest absolute Gasteiger partial charge is 0.265 e. The average molecular weight is 323 g/mol. The van der Waals surface area contributed by atoms with Gasteiger partial charge >= 0.3 is 0 Å². The Morgan fingerprint density at radius 1 is 1.21 bits per heavy atom. The van der Waals surface area contributed by atoms with E-state index in [1.54, 1.807) is 24.4 Å². The van der Waals surface area contributed by atoms with Crippen LogP contribution in [0, 0.1) is 13.8 Å². The van der Waals surface area contributed by atoms with Gasteiger partial charge in [0.15, 0.2) is 0 Å². The number of pyridine rings is 2. The van der Waals surface area contributed by atoms with Crippen LogP contribution >= 0.6 is 0 Å². The fourth-order valence-electron chi connectivity index (χ4n) is 2.61. The third-order valence-electron chi connectivity index (χ3n) is 3.62. The first kappa shape index (κ1) is 15.8. The highest BCUT2D eigenvalue weighted by molar-refractivity contribution is 6.04. The molecule has 0 aromatic carbocycles. The Kier molecular flexibility index (Phi) is 4.07. The van der Waals surface area contributed by atoms with E-state index in [0.29, 0.717) is 12.2 Å². The quantitative estimate of drug-likeness (QED) is 0.797. The largest absolute Gasteiger partial charge is 0.292 e. The summed E-state index contributed by atoms with van der Waals surface area (Å²) in [6.07, 6.45) is 1.62. The van der Waals surface area contributed by atoms with E-state index < -0.39 is 5.91 Å². The van der Waals surface area contributed by atoms with Crippen molar-refractivity contribution >= 4 is 22.9 Å². The zero-order valence-corrected chi connectivity index (χ0v) is 13.7. The maximum absolute atomic E-state index is 12.6. The highest BCUT2D eigenvalue weighted by atomic mass is 16.2. The van der Waals surface area contributed by atoms with Gasteiger partial charge in [-0.05, 0) is 45.0 Å². The van der Waals surface area contributed by atoms with Crippen molar-refractivity contribution in [3.05, 3.63) is 57.8 Å². The molecule has 1 amide bonds. The summed E-state index contributed by atoms with van der Waals surface area (Å²) in [6, 6.07) is 6.94. The Morgan fingerprint density at radius 3 is 2.58 bits per heavy atom. The molecule has 1 N–H and O–H groups in total. The topological polar surface area (TPSA) is 89.8 Å². The number of aromatic nitrogens is 4. The number of anilines is 1. The molecule has 0 aliphatic heterocycles. The number of nitrogens with zero attached hydrogens (tertiary/aromatic N) is 4. The van der Waals surface area contributed by atoms with Gasteiger partial charge in [0.25, 0.3) is 11.5 Å². The van der Waals surface area contributed by atoms with E-state index in [1.165, 1.54) is 4.57 Å². The van der Waals surface area contributed by atoms with Crippen molar-refractivity contribution < 1.29 is 4.79 Å². The SMILES string of the molecule is CCn1c(=O)c(C(=O)Nc2nc(C)cc(C)n2)cc2cccnc21. The van der Waals surface area contributed by atoms with Gasteiger partial charge in [0.05, 0.1) is 0 Å². The highest BCUT2D eigenvalue weighted by Crippen LogP contribution is 2.12. The maximum Gasteiger partial charge on any atom is 0.265 e. The Bertz CT molecular complexity index is 974. The molecule has 0 spiro atoms. The van der Waals surface area contributed by atoms with Gasteiger partial charge in [-0.3, -0.25) is 19.5 Å². The zero-order valence-electron chi connectivity index (χ0n) is 13.7. The average Bonchev–Trinajstić information content (AvgIpc) is 2.53. The number of hydrogen-bond acceptors (Lipinski definition) is 5. The van der Waals surface area contributed by atoms with Crippen LogP contribution in [0.2, 0.25) is 0 Å². The molecule has 7 nitrogen and oxygen atoms in total. The molecule has 3 aromatic rings. The van der Waals surface area contributed by atoms with E-state index in [0.717, 1.165) is 16.8 Å². The number of aryl methyl sites for hydroxylation is 3. The lowest BCUT2D eigenvalue weighted by Gasteiger charge is -2.10. The van der Waals surface area contributed by atoms with Crippen LogP contribution in [0.1, 0.15) is 28.7 Å². The van der Waals surface area contributed by atoms with Crippen molar-refractivity contribution in [2.45, 2.75) is 27.3 Å². The van der Waals surface area contributed by atoms with E-state index in [-0.39, 0.29) is 17.1 Å². The molecule has 0 radical (unpaired) electrons. The molecular weight excluding hydrogens is 306 g/mol. The van der Waals surface area contributed by atoms with Crippen LogP contribution < -0.4 is 10.9 Å². The lowest BCUT2D eigenvalue weighted by atomic mass is 10.2. The first-order valence-corrected chi connectivity index (χ1v) is 7.62. The molecule has 3 aromatic heterocycles. The van der Waals surface area contributed by atoms with Gasteiger partial charge in [0, 0.05) is 29.5 Å². The first-order chi connectivity index (χ1) is 11.5. The number of hydrogen-bond donors (Lipinski definition) is 1. The van der Waals surface area contributed by atoms with Crippen molar-refractivity contribution in [2.24, 2.45) is 0 Å². The van der Waals surface area contributed by atoms with Crippen molar-refractivity contribution in [3.8, 4) is 0 Å². The number of carbonyl (C=O) groups excluding carboxylic acids is 1. The van der Waals surface area contributed by atoms with Gasteiger partial charge < -0.3 is 0 Å². The van der Waals surface area contributed by atoms with Gasteiger partial charge in [-0.1, -0.05) is 0 Å². The molecule has 7 heteroatoms. The minimum atomic E-state index is -0.530. The van der Waals surface area contributed by atoms with Crippen LogP contribution in [0.25, 0.3) is 11.0 Å². The second-order valence-electron chi connectivity index (χ2n) is 5.45. The molecule has 24 heavy (non-hydrogen) atoms. The van der Waals surface area contributed by atoms with E-state index in [4.69, 9.17) is 0 Å². The van der Waals surface area contributed by atoms with Crippen LogP contribution in [0.15, 0.2) is 35.3 Å². The van der Waals surface area contributed by atoms with E-state index in [1.807, 2.05) is 26.8 Å². The second kappa shape index (κ2) is 6.19. The Labute approximate surface area is 138 Å². The van der Waals surface area contributed by atoms with Crippen LogP contribution in [-0.2, 0) is 6.54 Å². The van der Waals surface area contributed by atoms with Gasteiger partial charge in [-0.25, -0.2) is 15.0 Å². The van der Waals surface area contributed by atoms with Crippen LogP contribution in [0.5, 0.6) is 0 Å². The van der Waals surface area contributed by atoms with Crippen molar-refractivity contribution in [1.29, 1.82) is 0 Å². The fraction of sp³-hybridized carbons (Fsp3) is 0.235. The van der Waals surface area contributed by atoms with Crippen molar-refractivity contribution in [3.63, 3.8) is 0 Å². The number of amides is 1. The number of rotatable bonds is 3. The summed E-state index contributed by atoms with van der Waals surface area (Å²) in [5.74, 6) is -0.343. The maximum atomic E-state index is 12.6. The summed E-state index contributed by atoms with van der Waals surface area (Å²) < 4.78 is 1.48. The molecular formula is C17H17N5O2. The highest BCUT2D eigenvalue weighted by Gasteiger charge is 2.16. The number of fused-ring (bicyclic) bond motifs is 1. The molecule has 0 bridgehead atoms. The standard InChI is InChI=1S/C17H17N5O2/c1-4-22-14-12(6-5-7-18-14)9-13(16(22)24)15(23)21-17-19-10(2)8-11(3)20-17/h5-9H,4H2,1-3H3,(H,19,20,21,23). The summed E-state index contributed by atoms with van der Waals surface area (Å²) in [5.41, 5.74) is 1.70. The third-order valence-corrected chi connectivity index (χ3v) is 3.62. The normalized spacial score (nSPS) is 10.8. The summed E-state index contributed by atoms with van der Waals surface area (Å²) >= 11 is 0. The molecule has 0 aliphatic rings. The molecule has 122 valence electrons. The fourth-order valence-corrected chi connectivity index (χ4v) is 2.61. The third kappa shape index (κ3) is 2.88. The summed E-state index contributed by atoms with van der Waals surface area (Å²) in [6.45, 7) is 5.89. The van der Waals surface area contributed by atoms with E-state index in [2.05, 4.69) is 20.3 Å². The Hall–Kier alpha value is -3.09. The molecule has 3 heterocycles. The van der Waals surface area contributed by atoms with Crippen LogP contribution in [0.3, 0.4) is 0 Å². The number of carbonyl (C=O) groups is 1. The predicted molar refractivity (Wildman–Crippen MR) is 91.1 cm³/mol. The van der Waals surface area contributed by atoms with Gasteiger partial charge in [-0.15, -0.1) is 0 Å². The Balaban J connectivity index is 2.07. The lowest BCUT2D eigenvalue weighted by molar-refractivity contribution is 0.102. The molecule has 3 rings (SSSR count). The van der Waals surface area contributed by atoms with Crippen LogP contribution in [0.4, 0.5) is 5.95 Å². The minimum absolute atomic E-state index is 0.0418. The Morgan fingerprint density at radius 2 is 1.92 bits per heavy atom. The van der Waals surface area contributed by atoms with E-state index >= 15 is 0 Å². The summed E-state index contributed by atoms with van der Waals surface area (Å²) in [4.78, 5) is 37.7. The minimum Gasteiger partial charge on any atom is -0.292 e. The lowest BCUT2D eigenvalue weighted by Crippen LogP contribution is -2.30. The molecule has 0 atom stereocenters. The first-order valence-electron chi connectivity index (χ1n) is 7.62. The second-order valence-corrected chi connectivity index (χ2v) is 5.45. The van der Waals surface area contributed by atoms with Crippen LogP contribution in [-0.4, -0.2) is 25.4 Å². The number of nitrogens with one attached hydrogen (secondary N) is 1.